The molecule has 5 heteroatoms. The van der Waals surface area contributed by atoms with Crippen LogP contribution in [-0.2, 0) is 0 Å². The van der Waals surface area contributed by atoms with Crippen LogP contribution in [0.4, 0.5) is 5.69 Å². The minimum absolute atomic E-state index is 0.246. The largest absolute Gasteiger partial charge is 0.396 e. The molecule has 2 heterocycles. The van der Waals surface area contributed by atoms with Gasteiger partial charge >= 0.3 is 0 Å². The van der Waals surface area contributed by atoms with E-state index in [0.29, 0.717) is 22.4 Å². The summed E-state index contributed by atoms with van der Waals surface area (Å²) >= 11 is 0. The summed E-state index contributed by atoms with van der Waals surface area (Å²) in [6.07, 6.45) is 5.69. The first-order chi connectivity index (χ1) is 10.3. The fourth-order valence-corrected chi connectivity index (χ4v) is 3.58. The molecule has 1 aliphatic heterocycles. The standard InChI is InChI=1S/C16H16N4O/c17-7-11-1-2-13(15-14(11)18-5-6-19-15)20-8-12(9-21)16(10-20)3-4-16/h1-2,5-6,12,21H,3-4,8-10H2. The summed E-state index contributed by atoms with van der Waals surface area (Å²) in [5.74, 6) is 0.347. The van der Waals surface area contributed by atoms with Gasteiger partial charge in [0.2, 0.25) is 0 Å². The van der Waals surface area contributed by atoms with Crippen LogP contribution in [0.2, 0.25) is 0 Å². The molecule has 0 radical (unpaired) electrons. The van der Waals surface area contributed by atoms with Gasteiger partial charge in [0, 0.05) is 38.0 Å². The molecule has 1 aliphatic carbocycles. The smallest absolute Gasteiger partial charge is 0.113 e. The number of nitriles is 1. The van der Waals surface area contributed by atoms with Gasteiger partial charge < -0.3 is 10.0 Å². The topological polar surface area (TPSA) is 73.0 Å². The van der Waals surface area contributed by atoms with E-state index in [0.717, 1.165) is 24.3 Å². The maximum Gasteiger partial charge on any atom is 0.113 e. The Kier molecular flexibility index (Phi) is 2.63. The summed E-state index contributed by atoms with van der Waals surface area (Å²) in [7, 11) is 0. The van der Waals surface area contributed by atoms with Gasteiger partial charge in [0.1, 0.15) is 17.1 Å². The van der Waals surface area contributed by atoms with Crippen molar-refractivity contribution in [3.63, 3.8) is 0 Å². The maximum absolute atomic E-state index is 9.60. The molecule has 4 rings (SSSR count). The Labute approximate surface area is 122 Å². The first-order valence-electron chi connectivity index (χ1n) is 7.27. The van der Waals surface area contributed by atoms with Gasteiger partial charge in [-0.2, -0.15) is 5.26 Å². The van der Waals surface area contributed by atoms with Crippen LogP contribution < -0.4 is 4.90 Å². The van der Waals surface area contributed by atoms with E-state index in [4.69, 9.17) is 0 Å². The summed E-state index contributed by atoms with van der Waals surface area (Å²) in [5, 5.41) is 18.8. The lowest BCUT2D eigenvalue weighted by Crippen LogP contribution is -2.21. The van der Waals surface area contributed by atoms with E-state index in [1.165, 1.54) is 12.8 Å². The molecule has 1 saturated carbocycles. The third-order valence-electron chi connectivity index (χ3n) is 4.99. The monoisotopic (exact) mass is 280 g/mol. The van der Waals surface area contributed by atoms with Gasteiger partial charge in [-0.15, -0.1) is 0 Å². The van der Waals surface area contributed by atoms with Gasteiger partial charge in [-0.25, -0.2) is 0 Å². The number of anilines is 1. The molecule has 1 aromatic carbocycles. The molecule has 1 unspecified atom stereocenters. The summed E-state index contributed by atoms with van der Waals surface area (Å²) < 4.78 is 0. The second kappa shape index (κ2) is 4.40. The fourth-order valence-electron chi connectivity index (χ4n) is 3.58. The van der Waals surface area contributed by atoms with Crippen LogP contribution in [-0.4, -0.2) is 34.8 Å². The number of rotatable bonds is 2. The minimum Gasteiger partial charge on any atom is -0.396 e. The van der Waals surface area contributed by atoms with Crippen molar-refractivity contribution < 1.29 is 5.11 Å². The molecule has 21 heavy (non-hydrogen) atoms. The molecular formula is C16H16N4O. The Balaban J connectivity index is 1.80. The lowest BCUT2D eigenvalue weighted by Gasteiger charge is -2.20. The van der Waals surface area contributed by atoms with Gasteiger partial charge in [0.15, 0.2) is 0 Å². The highest BCUT2D eigenvalue weighted by Gasteiger charge is 2.54. The Hall–Kier alpha value is -2.19. The summed E-state index contributed by atoms with van der Waals surface area (Å²) in [4.78, 5) is 11.0. The molecular weight excluding hydrogens is 264 g/mol. The molecule has 1 spiro atoms. The summed E-state index contributed by atoms with van der Waals surface area (Å²) in [6, 6.07) is 5.96. The Morgan fingerprint density at radius 3 is 2.67 bits per heavy atom. The summed E-state index contributed by atoms with van der Waals surface area (Å²) in [6.45, 7) is 2.07. The molecule has 0 amide bonds. The average Bonchev–Trinajstić information content (AvgIpc) is 3.20. The highest BCUT2D eigenvalue weighted by molar-refractivity contribution is 5.92. The predicted octanol–water partition coefficient (Wildman–Crippen LogP) is 1.71. The van der Waals surface area contributed by atoms with E-state index in [1.807, 2.05) is 12.1 Å². The molecule has 1 atom stereocenters. The molecule has 2 aliphatic rings. The number of hydrogen-bond acceptors (Lipinski definition) is 5. The quantitative estimate of drug-likeness (QED) is 0.906. The number of aliphatic hydroxyl groups excluding tert-OH is 1. The second-order valence-corrected chi connectivity index (χ2v) is 6.12. The van der Waals surface area contributed by atoms with Gasteiger partial charge in [-0.1, -0.05) is 0 Å². The van der Waals surface area contributed by atoms with Crippen LogP contribution >= 0.6 is 0 Å². The van der Waals surface area contributed by atoms with Crippen LogP contribution in [0.15, 0.2) is 24.5 Å². The second-order valence-electron chi connectivity index (χ2n) is 6.12. The molecule has 2 fully saturated rings. The summed E-state index contributed by atoms with van der Waals surface area (Å²) in [5.41, 5.74) is 3.33. The van der Waals surface area contributed by atoms with Gasteiger partial charge in [-0.05, 0) is 30.4 Å². The van der Waals surface area contributed by atoms with Crippen LogP contribution in [0.5, 0.6) is 0 Å². The highest BCUT2D eigenvalue weighted by atomic mass is 16.3. The van der Waals surface area contributed by atoms with Gasteiger partial charge in [-0.3, -0.25) is 9.97 Å². The SMILES string of the molecule is N#Cc1ccc(N2CC(CO)C3(CC3)C2)c2nccnc12. The first kappa shape index (κ1) is 12.5. The number of fused-ring (bicyclic) bond motifs is 1. The third kappa shape index (κ3) is 1.79. The molecule has 0 bridgehead atoms. The van der Waals surface area contributed by atoms with Crippen molar-refractivity contribution in [2.24, 2.45) is 11.3 Å². The Morgan fingerprint density at radius 2 is 2.05 bits per heavy atom. The van der Waals surface area contributed by atoms with Crippen molar-refractivity contribution in [3.05, 3.63) is 30.1 Å². The lowest BCUT2D eigenvalue weighted by molar-refractivity contribution is 0.197. The molecule has 1 aromatic heterocycles. The fraction of sp³-hybridized carbons (Fsp3) is 0.438. The maximum atomic E-state index is 9.60. The van der Waals surface area contributed by atoms with Crippen LogP contribution in [0.25, 0.3) is 11.0 Å². The molecule has 1 saturated heterocycles. The van der Waals surface area contributed by atoms with Crippen LogP contribution in [0, 0.1) is 22.7 Å². The number of aromatic nitrogens is 2. The van der Waals surface area contributed by atoms with Crippen molar-refractivity contribution in [2.75, 3.05) is 24.6 Å². The zero-order valence-electron chi connectivity index (χ0n) is 11.7. The molecule has 5 nitrogen and oxygen atoms in total. The van der Waals surface area contributed by atoms with E-state index in [9.17, 15) is 10.4 Å². The van der Waals surface area contributed by atoms with E-state index in [1.54, 1.807) is 12.4 Å². The Morgan fingerprint density at radius 1 is 1.29 bits per heavy atom. The van der Waals surface area contributed by atoms with E-state index >= 15 is 0 Å². The number of nitrogens with zero attached hydrogens (tertiary/aromatic N) is 4. The van der Waals surface area contributed by atoms with E-state index in [2.05, 4.69) is 20.9 Å². The zero-order valence-corrected chi connectivity index (χ0v) is 11.7. The highest BCUT2D eigenvalue weighted by Crippen LogP contribution is 2.56. The van der Waals surface area contributed by atoms with Gasteiger partial charge in [0.25, 0.3) is 0 Å². The number of hydrogen-bond donors (Lipinski definition) is 1. The predicted molar refractivity (Wildman–Crippen MR) is 78.7 cm³/mol. The minimum atomic E-state index is 0.246. The zero-order chi connectivity index (χ0) is 14.4. The lowest BCUT2D eigenvalue weighted by atomic mass is 9.94. The normalized spacial score (nSPS) is 22.7. The molecule has 1 N–H and O–H groups in total. The van der Waals surface area contributed by atoms with Crippen LogP contribution in [0.3, 0.4) is 0 Å². The third-order valence-corrected chi connectivity index (χ3v) is 4.99. The van der Waals surface area contributed by atoms with Crippen LogP contribution in [0.1, 0.15) is 18.4 Å². The van der Waals surface area contributed by atoms with Crippen molar-refractivity contribution in [3.8, 4) is 6.07 Å². The number of benzene rings is 1. The average molecular weight is 280 g/mol. The van der Waals surface area contributed by atoms with Crippen molar-refractivity contribution >= 4 is 16.7 Å². The van der Waals surface area contributed by atoms with Crippen molar-refractivity contribution in [1.82, 2.24) is 9.97 Å². The Bertz CT molecular complexity index is 748. The van der Waals surface area contributed by atoms with E-state index < -0.39 is 0 Å². The number of aliphatic hydroxyl groups is 1. The van der Waals surface area contributed by atoms with E-state index in [-0.39, 0.29) is 6.61 Å². The first-order valence-corrected chi connectivity index (χ1v) is 7.27. The van der Waals surface area contributed by atoms with Crippen molar-refractivity contribution in [2.45, 2.75) is 12.8 Å². The molecule has 2 aromatic rings. The molecule has 106 valence electrons. The van der Waals surface area contributed by atoms with Crippen molar-refractivity contribution in [1.29, 1.82) is 5.26 Å². The van der Waals surface area contributed by atoms with Gasteiger partial charge in [0.05, 0.1) is 11.3 Å².